The Morgan fingerprint density at radius 1 is 1.52 bits per heavy atom. The molecule has 1 saturated heterocycles. The number of imidazole rings is 1. The fourth-order valence-electron chi connectivity index (χ4n) is 4.35. The van der Waals surface area contributed by atoms with Crippen LogP contribution in [0.4, 0.5) is 0 Å². The van der Waals surface area contributed by atoms with Gasteiger partial charge in [-0.2, -0.15) is 12.8 Å². The van der Waals surface area contributed by atoms with E-state index < -0.39 is 40.1 Å². The number of nitrogens with two attached hydrogens (primary N) is 1. The number of carboxylic acid groups (broad SMARTS) is 1. The maximum Gasteiger partial charge on any atom is 0.296 e. The summed E-state index contributed by atoms with van der Waals surface area (Å²) in [6.45, 7) is 3.49. The van der Waals surface area contributed by atoms with Crippen molar-refractivity contribution in [2.75, 3.05) is 0 Å². The first-order valence-corrected chi connectivity index (χ1v) is 11.8. The molecule has 1 amide bonds. The molecule has 1 fully saturated rings. The first-order valence-electron chi connectivity index (χ1n) is 9.34. The molecule has 4 heterocycles. The average molecular weight is 472 g/mol. The summed E-state index contributed by atoms with van der Waals surface area (Å²) in [4.78, 5) is 32.9. The molecule has 0 radical (unpaired) electrons. The fraction of sp³-hybridized carbons (Fsp3) is 0.471. The lowest BCUT2D eigenvalue weighted by Crippen LogP contribution is -2.64. The van der Waals surface area contributed by atoms with Crippen LogP contribution in [0.15, 0.2) is 29.2 Å². The number of hydrogen-bond acceptors (Lipinski definition) is 8. The second kappa shape index (κ2) is 7.65. The minimum Gasteiger partial charge on any atom is -0.543 e. The van der Waals surface area contributed by atoms with Crippen LogP contribution in [-0.2, 0) is 37.8 Å². The number of aromatic nitrogens is 2. The largest absolute Gasteiger partial charge is 0.543 e. The van der Waals surface area contributed by atoms with E-state index in [0.717, 1.165) is 4.83 Å². The molecule has 168 valence electrons. The quantitative estimate of drug-likeness (QED) is 0.215. The van der Waals surface area contributed by atoms with E-state index in [0.29, 0.717) is 11.3 Å². The fourth-order valence-corrected chi connectivity index (χ4v) is 5.48. The third-order valence-corrected chi connectivity index (χ3v) is 6.94. The monoisotopic (exact) mass is 471 g/mol. The second-order valence-corrected chi connectivity index (χ2v) is 9.83. The van der Waals surface area contributed by atoms with Crippen LogP contribution < -0.4 is 19.7 Å². The predicted octanol–water partition coefficient (Wildman–Crippen LogP) is -2.63. The third-order valence-electron chi connectivity index (χ3n) is 5.66. The molecule has 14 heteroatoms. The molecule has 0 unspecified atom stereocenters. The highest BCUT2D eigenvalue weighted by atomic mass is 32.2. The van der Waals surface area contributed by atoms with Crippen molar-refractivity contribution < 1.29 is 37.6 Å². The number of amides is 1. The van der Waals surface area contributed by atoms with Gasteiger partial charge in [-0.3, -0.25) is 9.63 Å². The van der Waals surface area contributed by atoms with Crippen molar-refractivity contribution in [1.82, 2.24) is 14.2 Å². The Morgan fingerprint density at radius 3 is 2.84 bits per heavy atom. The van der Waals surface area contributed by atoms with E-state index in [4.69, 9.17) is 9.98 Å². The molecule has 4 rings (SSSR count). The molecule has 0 spiro atoms. The Kier molecular flexibility index (Phi) is 5.39. The van der Waals surface area contributed by atoms with Crippen LogP contribution in [0.2, 0.25) is 0 Å². The van der Waals surface area contributed by atoms with Crippen molar-refractivity contribution in [3.8, 4) is 0 Å². The van der Waals surface area contributed by atoms with Gasteiger partial charge in [-0.1, -0.05) is 23.1 Å². The number of aliphatic hydroxyl groups is 1. The van der Waals surface area contributed by atoms with Crippen LogP contribution >= 0.6 is 11.3 Å². The van der Waals surface area contributed by atoms with Gasteiger partial charge in [0.1, 0.15) is 25.0 Å². The standard InChI is InChI=1S/C17H21N5O7S2/c1-8-11(15(17(25)26)22-14(8)13(9(2)23)16(22)24)3-20-4-12-21(7-20)10(6-30-12)5-29-19-31(18,27)28/h4,6-9,13-14,19,23H,3,5H2,1-2H3,(H2-,18,25,26,27,28)/t8-,9+,13+,14+/m0/s1. The van der Waals surface area contributed by atoms with Gasteiger partial charge in [-0.25, -0.2) is 9.71 Å². The molecule has 31 heavy (non-hydrogen) atoms. The zero-order valence-corrected chi connectivity index (χ0v) is 18.2. The summed E-state index contributed by atoms with van der Waals surface area (Å²) in [7, 11) is -3.98. The van der Waals surface area contributed by atoms with E-state index >= 15 is 0 Å². The van der Waals surface area contributed by atoms with Crippen molar-refractivity contribution in [1.29, 1.82) is 0 Å². The van der Waals surface area contributed by atoms with Crippen molar-refractivity contribution in [2.24, 2.45) is 17.0 Å². The SMILES string of the molecule is C[C@@H](O)[C@H]1C(=O)N2C(C(=O)[O-])=C(C[n+]3cc4scc(CONS(N)(=O)=O)n4c3)[C@H](C)[C@H]12. The van der Waals surface area contributed by atoms with Crippen LogP contribution in [0, 0.1) is 11.8 Å². The lowest BCUT2D eigenvalue weighted by atomic mass is 9.78. The number of nitrogens with zero attached hydrogens (tertiary/aromatic N) is 3. The Bertz CT molecular complexity index is 1200. The number of fused-ring (bicyclic) bond motifs is 2. The topological polar surface area (TPSA) is 170 Å². The number of β-lactam (4-membered cyclic amide) rings is 1. The molecule has 0 aliphatic carbocycles. The van der Waals surface area contributed by atoms with Crippen molar-refractivity contribution >= 4 is 38.3 Å². The van der Waals surface area contributed by atoms with Gasteiger partial charge < -0.3 is 19.9 Å². The third kappa shape index (κ3) is 3.75. The Hall–Kier alpha value is -2.36. The molecule has 2 aliphatic rings. The van der Waals surface area contributed by atoms with Crippen molar-refractivity contribution in [2.45, 2.75) is 39.1 Å². The minimum atomic E-state index is -3.98. The van der Waals surface area contributed by atoms with Gasteiger partial charge in [0.15, 0.2) is 0 Å². The number of nitrogens with one attached hydrogen (secondary N) is 1. The van der Waals surface area contributed by atoms with Gasteiger partial charge in [0.25, 0.3) is 10.2 Å². The maximum atomic E-state index is 12.4. The van der Waals surface area contributed by atoms with E-state index in [1.807, 2.05) is 6.92 Å². The highest BCUT2D eigenvalue weighted by Crippen LogP contribution is 2.46. The van der Waals surface area contributed by atoms with Gasteiger partial charge in [0.2, 0.25) is 17.1 Å². The van der Waals surface area contributed by atoms with Crippen LogP contribution in [0.1, 0.15) is 19.5 Å². The van der Waals surface area contributed by atoms with Crippen LogP contribution in [0.5, 0.6) is 0 Å². The molecular weight excluding hydrogens is 450 g/mol. The molecule has 0 aromatic carbocycles. The number of aliphatic hydroxyl groups excluding tert-OH is 1. The number of carbonyl (C=O) groups is 2. The lowest BCUT2D eigenvalue weighted by Gasteiger charge is -2.47. The summed E-state index contributed by atoms with van der Waals surface area (Å²) in [5.41, 5.74) is 1.05. The molecular formula is C17H21N5O7S2. The molecule has 2 aromatic heterocycles. The Labute approximate surface area is 181 Å². The summed E-state index contributed by atoms with van der Waals surface area (Å²) in [5.74, 6) is -2.74. The van der Waals surface area contributed by atoms with Gasteiger partial charge in [-0.15, -0.1) is 0 Å². The number of carboxylic acids is 1. The lowest BCUT2D eigenvalue weighted by molar-refractivity contribution is -0.688. The number of thiazole rings is 1. The summed E-state index contributed by atoms with van der Waals surface area (Å²) in [6.07, 6.45) is 2.65. The summed E-state index contributed by atoms with van der Waals surface area (Å²) in [5, 5.41) is 28.4. The normalized spacial score (nSPS) is 24.6. The van der Waals surface area contributed by atoms with Gasteiger partial charge in [-0.05, 0) is 6.92 Å². The van der Waals surface area contributed by atoms with E-state index in [9.17, 15) is 28.2 Å². The zero-order chi connectivity index (χ0) is 22.7. The smallest absolute Gasteiger partial charge is 0.296 e. The van der Waals surface area contributed by atoms with Crippen LogP contribution in [0.3, 0.4) is 0 Å². The minimum absolute atomic E-state index is 0.0745. The van der Waals surface area contributed by atoms with Crippen LogP contribution in [0.25, 0.3) is 4.83 Å². The van der Waals surface area contributed by atoms with Gasteiger partial charge in [0.05, 0.1) is 29.7 Å². The molecule has 4 N–H and O–H groups in total. The van der Waals surface area contributed by atoms with Crippen molar-refractivity contribution in [3.63, 3.8) is 0 Å². The van der Waals surface area contributed by atoms with E-state index in [-0.39, 0.29) is 24.8 Å². The molecule has 4 atom stereocenters. The molecule has 0 saturated carbocycles. The van der Waals surface area contributed by atoms with E-state index in [1.165, 1.54) is 23.2 Å². The number of carbonyl (C=O) groups excluding carboxylic acids is 2. The maximum absolute atomic E-state index is 12.4. The second-order valence-electron chi connectivity index (χ2n) is 7.68. The summed E-state index contributed by atoms with van der Waals surface area (Å²) >= 11 is 1.39. The van der Waals surface area contributed by atoms with Crippen LogP contribution in [-0.4, -0.2) is 46.8 Å². The Balaban J connectivity index is 1.58. The summed E-state index contributed by atoms with van der Waals surface area (Å²) < 4.78 is 25.4. The van der Waals surface area contributed by atoms with Gasteiger partial charge >= 0.3 is 0 Å². The average Bonchev–Trinajstić information content (AvgIpc) is 3.27. The summed E-state index contributed by atoms with van der Waals surface area (Å²) in [6, 6.07) is -0.409. The number of hydrogen-bond donors (Lipinski definition) is 3. The number of rotatable bonds is 8. The van der Waals surface area contributed by atoms with Crippen molar-refractivity contribution in [3.05, 3.63) is 34.9 Å². The molecule has 12 nitrogen and oxygen atoms in total. The van der Waals surface area contributed by atoms with E-state index in [2.05, 4.69) is 0 Å². The van der Waals surface area contributed by atoms with Gasteiger partial charge in [0, 0.05) is 16.9 Å². The predicted molar refractivity (Wildman–Crippen MR) is 104 cm³/mol. The first-order chi connectivity index (χ1) is 14.5. The molecule has 2 aromatic rings. The Morgan fingerprint density at radius 2 is 2.23 bits per heavy atom. The first kappa shape index (κ1) is 21.9. The zero-order valence-electron chi connectivity index (χ0n) is 16.6. The highest BCUT2D eigenvalue weighted by molar-refractivity contribution is 7.87. The molecule has 2 aliphatic heterocycles. The van der Waals surface area contributed by atoms with E-state index in [1.54, 1.807) is 31.8 Å². The number of aliphatic carboxylic acids is 1. The molecule has 0 bridgehead atoms. The highest BCUT2D eigenvalue weighted by Gasteiger charge is 2.58.